The molecule has 0 spiro atoms. The fraction of sp³-hybridized carbons (Fsp3) is 0.571. The molecule has 0 fully saturated rings. The molecular formula is C14H23NO4S. The van der Waals surface area contributed by atoms with Gasteiger partial charge in [0.2, 0.25) is 10.0 Å². The monoisotopic (exact) mass is 301 g/mol. The third kappa shape index (κ3) is 4.02. The summed E-state index contributed by atoms with van der Waals surface area (Å²) in [6.45, 7) is 6.83. The van der Waals surface area contributed by atoms with Crippen LogP contribution in [0.15, 0.2) is 23.1 Å². The van der Waals surface area contributed by atoms with E-state index in [1.165, 1.54) is 0 Å². The molecule has 5 nitrogen and oxygen atoms in total. The lowest BCUT2D eigenvalue weighted by Gasteiger charge is -2.21. The van der Waals surface area contributed by atoms with Gasteiger partial charge in [-0.2, -0.15) is 0 Å². The average Bonchev–Trinajstić information content (AvgIpc) is 2.34. The van der Waals surface area contributed by atoms with Crippen LogP contribution in [0.25, 0.3) is 0 Å². The van der Waals surface area contributed by atoms with E-state index in [9.17, 15) is 8.42 Å². The number of aliphatic hydroxyl groups is 2. The Morgan fingerprint density at radius 1 is 1.20 bits per heavy atom. The van der Waals surface area contributed by atoms with Crippen LogP contribution in [0, 0.1) is 6.92 Å². The van der Waals surface area contributed by atoms with Crippen molar-refractivity contribution in [2.75, 3.05) is 13.2 Å². The summed E-state index contributed by atoms with van der Waals surface area (Å²) in [6, 6.07) is 4.42. The van der Waals surface area contributed by atoms with Gasteiger partial charge in [0.1, 0.15) is 0 Å². The number of hydrogen-bond donors (Lipinski definition) is 3. The van der Waals surface area contributed by atoms with Gasteiger partial charge in [-0.3, -0.25) is 0 Å². The Balaban J connectivity index is 3.24. The summed E-state index contributed by atoms with van der Waals surface area (Å²) in [7, 11) is -3.77. The number of nitrogens with one attached hydrogen (secondary N) is 1. The summed E-state index contributed by atoms with van der Waals surface area (Å²) in [5.41, 5.74) is 1.37. The van der Waals surface area contributed by atoms with Gasteiger partial charge in [0.05, 0.1) is 24.2 Å². The van der Waals surface area contributed by atoms with Gasteiger partial charge >= 0.3 is 0 Å². The topological polar surface area (TPSA) is 86.6 Å². The van der Waals surface area contributed by atoms with Gasteiger partial charge in [-0.15, -0.1) is 0 Å². The predicted octanol–water partition coefficient (Wildman–Crippen LogP) is 0.924. The van der Waals surface area contributed by atoms with Gasteiger partial charge in [0.25, 0.3) is 0 Å². The Kier molecular flexibility index (Phi) is 5.32. The molecule has 0 amide bonds. The summed E-state index contributed by atoms with van der Waals surface area (Å²) in [5.74, 6) is 0. The number of hydrogen-bond acceptors (Lipinski definition) is 4. The zero-order chi connectivity index (χ0) is 15.6. The van der Waals surface area contributed by atoms with E-state index in [-0.39, 0.29) is 10.3 Å². The second-order valence-corrected chi connectivity index (χ2v) is 7.60. The second kappa shape index (κ2) is 6.22. The number of sulfonamides is 1. The maximum atomic E-state index is 12.3. The largest absolute Gasteiger partial charge is 0.395 e. The second-order valence-electron chi connectivity index (χ2n) is 5.91. The smallest absolute Gasteiger partial charge is 0.241 e. The first kappa shape index (κ1) is 17.1. The lowest BCUT2D eigenvalue weighted by Crippen LogP contribution is -2.40. The van der Waals surface area contributed by atoms with Crippen LogP contribution in [0.4, 0.5) is 0 Å². The normalized spacial score (nSPS) is 12.9. The molecule has 0 heterocycles. The molecule has 0 unspecified atom stereocenters. The van der Waals surface area contributed by atoms with Crippen LogP contribution in [0.5, 0.6) is 0 Å². The Hall–Kier alpha value is -0.950. The Morgan fingerprint density at radius 3 is 2.20 bits per heavy atom. The zero-order valence-electron chi connectivity index (χ0n) is 12.3. The molecule has 0 saturated heterocycles. The minimum absolute atomic E-state index is 0.161. The molecule has 0 atom stereocenters. The highest BCUT2D eigenvalue weighted by molar-refractivity contribution is 7.89. The summed E-state index contributed by atoms with van der Waals surface area (Å²) in [5, 5.41) is 18.0. The van der Waals surface area contributed by atoms with Crippen molar-refractivity contribution in [3.8, 4) is 0 Å². The SMILES string of the molecule is Cc1ccc(C(C)(C)C)cc1S(=O)(=O)NC(CO)CO. The first-order valence-electron chi connectivity index (χ1n) is 6.47. The molecule has 20 heavy (non-hydrogen) atoms. The molecule has 0 aliphatic heterocycles. The molecule has 6 heteroatoms. The number of rotatable bonds is 5. The van der Waals surface area contributed by atoms with Gasteiger partial charge in [-0.25, -0.2) is 13.1 Å². The summed E-state index contributed by atoms with van der Waals surface area (Å²) < 4.78 is 27.0. The minimum atomic E-state index is -3.77. The van der Waals surface area contributed by atoms with E-state index in [4.69, 9.17) is 10.2 Å². The van der Waals surface area contributed by atoms with Gasteiger partial charge in [0, 0.05) is 0 Å². The molecule has 0 aliphatic rings. The molecule has 0 aliphatic carbocycles. The molecule has 0 bridgehead atoms. The van der Waals surface area contributed by atoms with Gasteiger partial charge in [-0.1, -0.05) is 32.9 Å². The van der Waals surface area contributed by atoms with Crippen molar-refractivity contribution in [1.82, 2.24) is 4.72 Å². The van der Waals surface area contributed by atoms with Gasteiger partial charge in [0.15, 0.2) is 0 Å². The molecular weight excluding hydrogens is 278 g/mol. The molecule has 3 N–H and O–H groups in total. The highest BCUT2D eigenvalue weighted by atomic mass is 32.2. The fourth-order valence-corrected chi connectivity index (χ4v) is 3.26. The van der Waals surface area contributed by atoms with Crippen molar-refractivity contribution < 1.29 is 18.6 Å². The van der Waals surface area contributed by atoms with Crippen LogP contribution in [0.1, 0.15) is 31.9 Å². The lowest BCUT2D eigenvalue weighted by atomic mass is 9.87. The Bertz CT molecular complexity index is 557. The van der Waals surface area contributed by atoms with Crippen molar-refractivity contribution in [3.63, 3.8) is 0 Å². The standard InChI is InChI=1S/C14H23NO4S/c1-10-5-6-11(14(2,3)4)7-13(10)20(18,19)15-12(8-16)9-17/h5-7,12,15-17H,8-9H2,1-4H3. The Labute approximate surface area is 120 Å². The fourth-order valence-electron chi connectivity index (χ4n) is 1.77. The van der Waals surface area contributed by atoms with E-state index < -0.39 is 29.3 Å². The van der Waals surface area contributed by atoms with Gasteiger partial charge in [-0.05, 0) is 29.5 Å². The molecule has 0 radical (unpaired) electrons. The maximum Gasteiger partial charge on any atom is 0.241 e. The molecule has 1 rings (SSSR count). The zero-order valence-corrected chi connectivity index (χ0v) is 13.2. The van der Waals surface area contributed by atoms with Crippen LogP contribution in [-0.2, 0) is 15.4 Å². The molecule has 0 saturated carbocycles. The molecule has 1 aromatic carbocycles. The summed E-state index contributed by atoms with van der Waals surface area (Å²) >= 11 is 0. The van der Waals surface area contributed by atoms with E-state index in [0.717, 1.165) is 5.56 Å². The Morgan fingerprint density at radius 2 is 1.75 bits per heavy atom. The summed E-state index contributed by atoms with van der Waals surface area (Å²) in [4.78, 5) is 0.178. The molecule has 0 aromatic heterocycles. The minimum Gasteiger partial charge on any atom is -0.395 e. The third-order valence-corrected chi connectivity index (χ3v) is 4.77. The molecule has 1 aromatic rings. The third-order valence-electron chi connectivity index (χ3n) is 3.11. The number of aliphatic hydroxyl groups excluding tert-OH is 2. The highest BCUT2D eigenvalue weighted by Gasteiger charge is 2.23. The van der Waals surface area contributed by atoms with E-state index in [2.05, 4.69) is 4.72 Å². The number of benzene rings is 1. The van der Waals surface area contributed by atoms with Crippen molar-refractivity contribution in [1.29, 1.82) is 0 Å². The van der Waals surface area contributed by atoms with E-state index in [1.807, 2.05) is 26.8 Å². The van der Waals surface area contributed by atoms with Crippen LogP contribution in [0.3, 0.4) is 0 Å². The maximum absolute atomic E-state index is 12.3. The van der Waals surface area contributed by atoms with Crippen molar-refractivity contribution in [3.05, 3.63) is 29.3 Å². The van der Waals surface area contributed by atoms with Crippen LogP contribution < -0.4 is 4.72 Å². The van der Waals surface area contributed by atoms with Crippen molar-refractivity contribution in [2.24, 2.45) is 0 Å². The quantitative estimate of drug-likeness (QED) is 0.755. The van der Waals surface area contributed by atoms with Crippen molar-refractivity contribution >= 4 is 10.0 Å². The highest BCUT2D eigenvalue weighted by Crippen LogP contribution is 2.26. The molecule has 114 valence electrons. The summed E-state index contributed by atoms with van der Waals surface area (Å²) in [6.07, 6.45) is 0. The van der Waals surface area contributed by atoms with E-state index in [1.54, 1.807) is 19.1 Å². The first-order valence-corrected chi connectivity index (χ1v) is 7.95. The predicted molar refractivity (Wildman–Crippen MR) is 78.2 cm³/mol. The lowest BCUT2D eigenvalue weighted by molar-refractivity contribution is 0.185. The average molecular weight is 301 g/mol. The van der Waals surface area contributed by atoms with Gasteiger partial charge < -0.3 is 10.2 Å². The van der Waals surface area contributed by atoms with Crippen LogP contribution in [0.2, 0.25) is 0 Å². The first-order chi connectivity index (χ1) is 9.11. The number of aryl methyl sites for hydroxylation is 1. The van der Waals surface area contributed by atoms with Crippen LogP contribution in [-0.4, -0.2) is 37.9 Å². The van der Waals surface area contributed by atoms with Crippen LogP contribution >= 0.6 is 0 Å². The van der Waals surface area contributed by atoms with E-state index in [0.29, 0.717) is 5.56 Å². The van der Waals surface area contributed by atoms with Crippen molar-refractivity contribution in [2.45, 2.75) is 44.0 Å². The van der Waals surface area contributed by atoms with E-state index >= 15 is 0 Å².